The number of hydrogen-bond acceptors (Lipinski definition) is 4. The lowest BCUT2D eigenvalue weighted by molar-refractivity contribution is -0.138. The number of amides is 1. The summed E-state index contributed by atoms with van der Waals surface area (Å²) >= 11 is 1.60. The van der Waals surface area contributed by atoms with Crippen molar-refractivity contribution < 1.29 is 9.90 Å². The van der Waals surface area contributed by atoms with Crippen molar-refractivity contribution in [1.82, 2.24) is 15.3 Å². The van der Waals surface area contributed by atoms with E-state index in [0.717, 1.165) is 16.8 Å². The van der Waals surface area contributed by atoms with Crippen molar-refractivity contribution in [1.29, 1.82) is 0 Å². The predicted octanol–water partition coefficient (Wildman–Crippen LogP) is 1.61. The van der Waals surface area contributed by atoms with Gasteiger partial charge in [-0.25, -0.2) is 4.98 Å². The van der Waals surface area contributed by atoms with Crippen LogP contribution in [0.1, 0.15) is 25.2 Å². The van der Waals surface area contributed by atoms with E-state index < -0.39 is 5.60 Å². The van der Waals surface area contributed by atoms with Gasteiger partial charge in [-0.05, 0) is 31.2 Å². The molecule has 1 aromatic heterocycles. The minimum absolute atomic E-state index is 0.260. The van der Waals surface area contributed by atoms with Crippen LogP contribution in [-0.4, -0.2) is 38.1 Å². The van der Waals surface area contributed by atoms with Gasteiger partial charge in [-0.1, -0.05) is 12.1 Å². The number of para-hydroxylation sites is 2. The van der Waals surface area contributed by atoms with Gasteiger partial charge in [-0.3, -0.25) is 4.79 Å². The molecule has 2 atom stereocenters. The Balaban J connectivity index is 1.75. The lowest BCUT2D eigenvalue weighted by atomic mass is 10.0. The summed E-state index contributed by atoms with van der Waals surface area (Å²) in [6.07, 6.45) is 0.510. The molecule has 1 saturated heterocycles. The molecule has 1 fully saturated rings. The zero-order valence-electron chi connectivity index (χ0n) is 11.2. The van der Waals surface area contributed by atoms with E-state index in [1.54, 1.807) is 11.8 Å². The van der Waals surface area contributed by atoms with Gasteiger partial charge in [0.15, 0.2) is 5.60 Å². The summed E-state index contributed by atoms with van der Waals surface area (Å²) in [6.45, 7) is 1.86. The molecule has 0 radical (unpaired) electrons. The SMILES string of the molecule is CC(NC(=O)C1(O)CCSC1)c1nc2ccccc2[nH]1. The van der Waals surface area contributed by atoms with Crippen LogP contribution in [0.3, 0.4) is 0 Å². The van der Waals surface area contributed by atoms with Crippen molar-refractivity contribution in [2.75, 3.05) is 11.5 Å². The van der Waals surface area contributed by atoms with Crippen molar-refractivity contribution in [3.63, 3.8) is 0 Å². The second kappa shape index (κ2) is 5.10. The maximum Gasteiger partial charge on any atom is 0.253 e. The van der Waals surface area contributed by atoms with Crippen LogP contribution in [-0.2, 0) is 4.79 Å². The van der Waals surface area contributed by atoms with Crippen molar-refractivity contribution in [2.24, 2.45) is 0 Å². The Morgan fingerprint density at radius 2 is 2.35 bits per heavy atom. The molecule has 1 aliphatic heterocycles. The van der Waals surface area contributed by atoms with Gasteiger partial charge in [0.1, 0.15) is 5.82 Å². The van der Waals surface area contributed by atoms with Crippen LogP contribution in [0.5, 0.6) is 0 Å². The number of aliphatic hydroxyl groups is 1. The lowest BCUT2D eigenvalue weighted by Gasteiger charge is -2.22. The van der Waals surface area contributed by atoms with Gasteiger partial charge in [0.25, 0.3) is 5.91 Å². The third kappa shape index (κ3) is 2.41. The Hall–Kier alpha value is -1.53. The smallest absolute Gasteiger partial charge is 0.253 e. The molecular weight excluding hydrogens is 274 g/mol. The number of carbonyl (C=O) groups excluding carboxylic acids is 1. The van der Waals surface area contributed by atoms with E-state index in [4.69, 9.17) is 0 Å². The van der Waals surface area contributed by atoms with E-state index in [1.165, 1.54) is 0 Å². The van der Waals surface area contributed by atoms with Crippen molar-refractivity contribution in [3.05, 3.63) is 30.1 Å². The zero-order chi connectivity index (χ0) is 14.2. The molecule has 5 nitrogen and oxygen atoms in total. The normalized spacial score (nSPS) is 23.9. The van der Waals surface area contributed by atoms with Crippen molar-refractivity contribution in [2.45, 2.75) is 25.0 Å². The molecule has 0 spiro atoms. The van der Waals surface area contributed by atoms with E-state index in [0.29, 0.717) is 18.0 Å². The molecule has 6 heteroatoms. The van der Waals surface area contributed by atoms with Crippen LogP contribution < -0.4 is 5.32 Å². The highest BCUT2D eigenvalue weighted by Gasteiger charge is 2.40. The lowest BCUT2D eigenvalue weighted by Crippen LogP contribution is -2.47. The summed E-state index contributed by atoms with van der Waals surface area (Å²) in [7, 11) is 0. The summed E-state index contributed by atoms with van der Waals surface area (Å²) < 4.78 is 0. The first-order valence-corrected chi connectivity index (χ1v) is 7.80. The molecule has 20 heavy (non-hydrogen) atoms. The molecule has 0 aliphatic carbocycles. The maximum absolute atomic E-state index is 12.1. The van der Waals surface area contributed by atoms with Gasteiger partial charge >= 0.3 is 0 Å². The second-order valence-corrected chi connectivity index (χ2v) is 6.27. The molecule has 106 valence electrons. The Bertz CT molecular complexity index is 601. The van der Waals surface area contributed by atoms with E-state index in [-0.39, 0.29) is 11.9 Å². The third-order valence-electron chi connectivity index (χ3n) is 3.59. The molecule has 1 amide bonds. The Morgan fingerprint density at radius 1 is 1.55 bits per heavy atom. The fourth-order valence-electron chi connectivity index (χ4n) is 2.31. The number of nitrogens with one attached hydrogen (secondary N) is 2. The Labute approximate surface area is 121 Å². The monoisotopic (exact) mass is 291 g/mol. The Kier molecular flexibility index (Phi) is 3.43. The first kappa shape index (κ1) is 13.5. The van der Waals surface area contributed by atoms with Crippen LogP contribution >= 0.6 is 11.8 Å². The summed E-state index contributed by atoms with van der Waals surface area (Å²) in [6, 6.07) is 7.47. The van der Waals surface area contributed by atoms with E-state index in [9.17, 15) is 9.90 Å². The van der Waals surface area contributed by atoms with Crippen LogP contribution in [0.2, 0.25) is 0 Å². The molecule has 3 rings (SSSR count). The van der Waals surface area contributed by atoms with Crippen molar-refractivity contribution in [3.8, 4) is 0 Å². The fourth-order valence-corrected chi connectivity index (χ4v) is 3.55. The highest BCUT2D eigenvalue weighted by atomic mass is 32.2. The molecule has 2 aromatic rings. The van der Waals surface area contributed by atoms with Gasteiger partial charge in [-0.2, -0.15) is 11.8 Å². The number of hydrogen-bond donors (Lipinski definition) is 3. The number of H-pyrrole nitrogens is 1. The zero-order valence-corrected chi connectivity index (χ0v) is 12.0. The average Bonchev–Trinajstić information content (AvgIpc) is 3.05. The molecule has 1 aliphatic rings. The number of carbonyl (C=O) groups is 1. The number of aromatic nitrogens is 2. The summed E-state index contributed by atoms with van der Waals surface area (Å²) in [5, 5.41) is 13.1. The summed E-state index contributed by atoms with van der Waals surface area (Å²) in [4.78, 5) is 19.8. The van der Waals surface area contributed by atoms with Gasteiger partial charge in [0.2, 0.25) is 0 Å². The number of nitrogens with zero attached hydrogens (tertiary/aromatic N) is 1. The molecule has 2 heterocycles. The molecule has 0 bridgehead atoms. The van der Waals surface area contributed by atoms with Gasteiger partial charge < -0.3 is 15.4 Å². The third-order valence-corrected chi connectivity index (χ3v) is 4.76. The molecule has 3 N–H and O–H groups in total. The standard InChI is InChI=1S/C14H17N3O2S/c1-9(15-13(18)14(19)6-7-20-8-14)12-16-10-4-2-3-5-11(10)17-12/h2-5,9,19H,6-8H2,1H3,(H,15,18)(H,16,17). The minimum Gasteiger partial charge on any atom is -0.379 e. The van der Waals surface area contributed by atoms with Crippen LogP contribution in [0.4, 0.5) is 0 Å². The summed E-state index contributed by atoms with van der Waals surface area (Å²) in [5.74, 6) is 1.68. The second-order valence-electron chi connectivity index (χ2n) is 5.17. The minimum atomic E-state index is -1.23. The first-order chi connectivity index (χ1) is 9.58. The number of thioether (sulfide) groups is 1. The van der Waals surface area contributed by atoms with E-state index in [1.807, 2.05) is 31.2 Å². The number of aromatic amines is 1. The summed E-state index contributed by atoms with van der Waals surface area (Å²) in [5.41, 5.74) is 0.586. The molecule has 2 unspecified atom stereocenters. The van der Waals surface area contributed by atoms with Crippen LogP contribution in [0.25, 0.3) is 11.0 Å². The Morgan fingerprint density at radius 3 is 3.05 bits per heavy atom. The number of benzene rings is 1. The molecule has 0 saturated carbocycles. The molecular formula is C14H17N3O2S. The largest absolute Gasteiger partial charge is 0.379 e. The van der Waals surface area contributed by atoms with Gasteiger partial charge in [0, 0.05) is 5.75 Å². The van der Waals surface area contributed by atoms with E-state index in [2.05, 4.69) is 15.3 Å². The topological polar surface area (TPSA) is 78.0 Å². The number of imidazole rings is 1. The van der Waals surface area contributed by atoms with Crippen LogP contribution in [0.15, 0.2) is 24.3 Å². The van der Waals surface area contributed by atoms with Gasteiger partial charge in [0.05, 0.1) is 17.1 Å². The van der Waals surface area contributed by atoms with Crippen molar-refractivity contribution >= 4 is 28.7 Å². The predicted molar refractivity (Wildman–Crippen MR) is 79.5 cm³/mol. The quantitative estimate of drug-likeness (QED) is 0.803. The first-order valence-electron chi connectivity index (χ1n) is 6.64. The van der Waals surface area contributed by atoms with Crippen LogP contribution in [0, 0.1) is 0 Å². The van der Waals surface area contributed by atoms with Gasteiger partial charge in [-0.15, -0.1) is 0 Å². The number of rotatable bonds is 3. The average molecular weight is 291 g/mol. The van der Waals surface area contributed by atoms with E-state index >= 15 is 0 Å². The molecule has 1 aromatic carbocycles. The maximum atomic E-state index is 12.1. The fraction of sp³-hybridized carbons (Fsp3) is 0.429. The number of fused-ring (bicyclic) bond motifs is 1. The highest BCUT2D eigenvalue weighted by Crippen LogP contribution is 2.28. The highest BCUT2D eigenvalue weighted by molar-refractivity contribution is 7.99.